The zero-order valence-electron chi connectivity index (χ0n) is 23.9. The Kier molecular flexibility index (Phi) is 8.26. The summed E-state index contributed by atoms with van der Waals surface area (Å²) in [6.07, 6.45) is 1.01. The van der Waals surface area contributed by atoms with Gasteiger partial charge in [0.05, 0.1) is 27.4 Å². The number of aryl methyl sites for hydroxylation is 1. The Morgan fingerprint density at radius 3 is 1.12 bits per heavy atom. The van der Waals surface area contributed by atoms with E-state index in [2.05, 4.69) is 61.5 Å². The summed E-state index contributed by atoms with van der Waals surface area (Å²) in [6, 6.07) is 31.2. The smallest absolute Gasteiger partial charge is 0.135 e. The first-order chi connectivity index (χ1) is 19.7. The van der Waals surface area contributed by atoms with E-state index in [1.807, 2.05) is 50.2 Å². The second-order valence-electron chi connectivity index (χ2n) is 9.46. The molecule has 0 N–H and O–H groups in total. The molecule has 0 saturated heterocycles. The second-order valence-corrected chi connectivity index (χ2v) is 9.46. The monoisotopic (exact) mass is 532 g/mol. The van der Waals surface area contributed by atoms with Gasteiger partial charge >= 0.3 is 0 Å². The van der Waals surface area contributed by atoms with Crippen LogP contribution in [0, 0.1) is 0 Å². The Morgan fingerprint density at radius 1 is 0.425 bits per heavy atom. The van der Waals surface area contributed by atoms with Gasteiger partial charge in [-0.3, -0.25) is 0 Å². The van der Waals surface area contributed by atoms with Crippen LogP contribution in [-0.4, -0.2) is 27.4 Å². The Hall–Kier alpha value is -4.44. The van der Waals surface area contributed by atoms with Gasteiger partial charge in [-0.2, -0.15) is 0 Å². The Morgan fingerprint density at radius 2 is 0.775 bits per heavy atom. The SMILES string of the molecule is CCOc1c2ccccc2c(OCC)c2ccccc12.CCc1ccc2c(OC)c3ccccc3c(OC)c2c1. The van der Waals surface area contributed by atoms with Crippen molar-refractivity contribution in [3.05, 3.63) is 96.6 Å². The van der Waals surface area contributed by atoms with E-state index in [-0.39, 0.29) is 0 Å². The first-order valence-corrected chi connectivity index (χ1v) is 13.9. The van der Waals surface area contributed by atoms with Crippen molar-refractivity contribution in [1.82, 2.24) is 0 Å². The van der Waals surface area contributed by atoms with Crippen molar-refractivity contribution < 1.29 is 18.9 Å². The molecule has 6 rings (SSSR count). The zero-order valence-corrected chi connectivity index (χ0v) is 23.9. The van der Waals surface area contributed by atoms with Crippen LogP contribution in [0.5, 0.6) is 23.0 Å². The van der Waals surface area contributed by atoms with Crippen LogP contribution >= 0.6 is 0 Å². The average molecular weight is 533 g/mol. The molecular formula is C36H36O4. The number of rotatable bonds is 7. The highest BCUT2D eigenvalue weighted by atomic mass is 16.5. The first kappa shape index (κ1) is 27.1. The summed E-state index contributed by atoms with van der Waals surface area (Å²) < 4.78 is 23.2. The largest absolute Gasteiger partial charge is 0.495 e. The zero-order chi connectivity index (χ0) is 28.1. The van der Waals surface area contributed by atoms with Crippen LogP contribution in [0.3, 0.4) is 0 Å². The fourth-order valence-electron chi connectivity index (χ4n) is 5.45. The van der Waals surface area contributed by atoms with E-state index in [0.717, 1.165) is 72.5 Å². The van der Waals surface area contributed by atoms with Crippen molar-refractivity contribution in [2.75, 3.05) is 27.4 Å². The van der Waals surface area contributed by atoms with E-state index < -0.39 is 0 Å². The molecule has 0 heterocycles. The van der Waals surface area contributed by atoms with Crippen molar-refractivity contribution in [1.29, 1.82) is 0 Å². The summed E-state index contributed by atoms with van der Waals surface area (Å²) in [5.41, 5.74) is 1.30. The van der Waals surface area contributed by atoms with Crippen LogP contribution in [0.2, 0.25) is 0 Å². The van der Waals surface area contributed by atoms with Crippen molar-refractivity contribution in [2.45, 2.75) is 27.2 Å². The number of methoxy groups -OCH3 is 2. The van der Waals surface area contributed by atoms with E-state index in [4.69, 9.17) is 18.9 Å². The van der Waals surface area contributed by atoms with Gasteiger partial charge in [-0.15, -0.1) is 0 Å². The van der Waals surface area contributed by atoms with E-state index >= 15 is 0 Å². The molecule has 0 radical (unpaired) electrons. The van der Waals surface area contributed by atoms with Crippen molar-refractivity contribution in [3.8, 4) is 23.0 Å². The molecule has 0 aliphatic carbocycles. The van der Waals surface area contributed by atoms with Crippen LogP contribution in [-0.2, 0) is 6.42 Å². The molecule has 0 aromatic heterocycles. The number of fused-ring (bicyclic) bond motifs is 4. The lowest BCUT2D eigenvalue weighted by Crippen LogP contribution is -1.98. The summed E-state index contributed by atoms with van der Waals surface area (Å²) in [4.78, 5) is 0. The third-order valence-electron chi connectivity index (χ3n) is 7.22. The second kappa shape index (κ2) is 12.2. The van der Waals surface area contributed by atoms with Crippen LogP contribution in [0.25, 0.3) is 43.1 Å². The predicted octanol–water partition coefficient (Wildman–Crippen LogP) is 9.36. The van der Waals surface area contributed by atoms with Crippen LogP contribution < -0.4 is 18.9 Å². The van der Waals surface area contributed by atoms with Gasteiger partial charge in [0.2, 0.25) is 0 Å². The first-order valence-electron chi connectivity index (χ1n) is 13.9. The Balaban J connectivity index is 0.000000161. The fourth-order valence-corrected chi connectivity index (χ4v) is 5.45. The van der Waals surface area contributed by atoms with Crippen LogP contribution in [0.15, 0.2) is 91.0 Å². The van der Waals surface area contributed by atoms with E-state index in [1.165, 1.54) is 5.56 Å². The normalized spacial score (nSPS) is 10.9. The van der Waals surface area contributed by atoms with Crippen LogP contribution in [0.4, 0.5) is 0 Å². The maximum absolute atomic E-state index is 5.91. The molecule has 0 fully saturated rings. The quantitative estimate of drug-likeness (QED) is 0.192. The van der Waals surface area contributed by atoms with Crippen molar-refractivity contribution in [3.63, 3.8) is 0 Å². The maximum atomic E-state index is 5.91. The topological polar surface area (TPSA) is 36.9 Å². The molecule has 0 aliphatic rings. The summed E-state index contributed by atoms with van der Waals surface area (Å²) in [6.45, 7) is 7.50. The summed E-state index contributed by atoms with van der Waals surface area (Å²) in [5, 5.41) is 8.82. The van der Waals surface area contributed by atoms with Gasteiger partial charge in [0.15, 0.2) is 0 Å². The van der Waals surface area contributed by atoms with Gasteiger partial charge < -0.3 is 18.9 Å². The lowest BCUT2D eigenvalue weighted by atomic mass is 9.98. The lowest BCUT2D eigenvalue weighted by molar-refractivity contribution is 0.342. The van der Waals surface area contributed by atoms with E-state index in [9.17, 15) is 0 Å². The molecule has 6 aromatic rings. The Bertz CT molecular complexity index is 1670. The van der Waals surface area contributed by atoms with Crippen LogP contribution in [0.1, 0.15) is 26.3 Å². The lowest BCUT2D eigenvalue weighted by Gasteiger charge is -2.16. The van der Waals surface area contributed by atoms with Crippen molar-refractivity contribution >= 4 is 43.1 Å². The van der Waals surface area contributed by atoms with Gasteiger partial charge in [0, 0.05) is 43.1 Å². The molecule has 0 aliphatic heterocycles. The third kappa shape index (κ3) is 4.86. The average Bonchev–Trinajstić information content (AvgIpc) is 3.01. The van der Waals surface area contributed by atoms with Gasteiger partial charge in [0.1, 0.15) is 23.0 Å². The summed E-state index contributed by atoms with van der Waals surface area (Å²) in [7, 11) is 3.45. The molecule has 0 bridgehead atoms. The van der Waals surface area contributed by atoms with Gasteiger partial charge in [0.25, 0.3) is 0 Å². The van der Waals surface area contributed by atoms with Gasteiger partial charge in [-0.05, 0) is 31.9 Å². The molecule has 0 saturated carbocycles. The predicted molar refractivity (Wildman–Crippen MR) is 168 cm³/mol. The third-order valence-corrected chi connectivity index (χ3v) is 7.22. The highest BCUT2D eigenvalue weighted by molar-refractivity contribution is 6.12. The molecule has 4 heteroatoms. The highest BCUT2D eigenvalue weighted by Gasteiger charge is 2.16. The van der Waals surface area contributed by atoms with Gasteiger partial charge in [-0.1, -0.05) is 91.9 Å². The minimum Gasteiger partial charge on any atom is -0.495 e. The summed E-state index contributed by atoms with van der Waals surface area (Å²) >= 11 is 0. The number of ether oxygens (including phenoxy) is 4. The molecule has 40 heavy (non-hydrogen) atoms. The maximum Gasteiger partial charge on any atom is 0.135 e. The van der Waals surface area contributed by atoms with E-state index in [1.54, 1.807) is 14.2 Å². The fraction of sp³-hybridized carbons (Fsp3) is 0.222. The number of hydrogen-bond acceptors (Lipinski definition) is 4. The molecule has 0 amide bonds. The molecular weight excluding hydrogens is 496 g/mol. The van der Waals surface area contributed by atoms with Gasteiger partial charge in [-0.25, -0.2) is 0 Å². The Labute approximate surface area is 236 Å². The molecule has 4 nitrogen and oxygen atoms in total. The minimum atomic E-state index is 0.655. The molecule has 6 aromatic carbocycles. The number of benzene rings is 6. The minimum absolute atomic E-state index is 0.655. The molecule has 0 atom stereocenters. The highest BCUT2D eigenvalue weighted by Crippen LogP contribution is 2.43. The standard InChI is InChI=1S/2C18H18O2/c1-4-12-9-10-15-16(11-12)18(20-3)14-8-6-5-7-13(14)17(15)19-2;1-3-19-17-13-9-5-7-11-15(13)18(20-4-2)16-12-8-6-10-14(16)17/h5-11H,4H2,1-3H3;5-12H,3-4H2,1-2H3. The number of hydrogen-bond donors (Lipinski definition) is 0. The molecule has 204 valence electrons. The van der Waals surface area contributed by atoms with E-state index in [0.29, 0.717) is 13.2 Å². The van der Waals surface area contributed by atoms with Crippen molar-refractivity contribution in [2.24, 2.45) is 0 Å². The molecule has 0 spiro atoms. The molecule has 0 unspecified atom stereocenters. The summed E-state index contributed by atoms with van der Waals surface area (Å²) in [5.74, 6) is 3.73.